The van der Waals surface area contributed by atoms with Gasteiger partial charge in [0.15, 0.2) is 5.96 Å². The third kappa shape index (κ3) is 10.5. The molecular formula is C16H34N4O2S. The van der Waals surface area contributed by atoms with Gasteiger partial charge in [0.05, 0.1) is 5.75 Å². The number of hydrogen-bond donors (Lipinski definition) is 3. The summed E-state index contributed by atoms with van der Waals surface area (Å²) in [5, 5.41) is 2.87. The highest BCUT2D eigenvalue weighted by Gasteiger charge is 2.19. The first kappa shape index (κ1) is 20.2. The van der Waals surface area contributed by atoms with E-state index in [-0.39, 0.29) is 5.75 Å². The van der Waals surface area contributed by atoms with Crippen LogP contribution in [-0.4, -0.2) is 39.8 Å². The summed E-state index contributed by atoms with van der Waals surface area (Å²) in [5.41, 5.74) is 5.74. The van der Waals surface area contributed by atoms with Gasteiger partial charge in [0, 0.05) is 19.6 Å². The van der Waals surface area contributed by atoms with E-state index >= 15 is 0 Å². The van der Waals surface area contributed by atoms with Crippen LogP contribution in [0.2, 0.25) is 0 Å². The lowest BCUT2D eigenvalue weighted by Crippen LogP contribution is -2.39. The van der Waals surface area contributed by atoms with Gasteiger partial charge in [-0.15, -0.1) is 0 Å². The maximum Gasteiger partial charge on any atom is 0.213 e. The maximum atomic E-state index is 11.8. The number of aliphatic imine (C=N–C) groups is 1. The SMILES string of the molecule is CCCCCCCCN=C(N)NCCS(=O)(=O)NCC1CCC1. The molecule has 1 fully saturated rings. The smallest absolute Gasteiger partial charge is 0.213 e. The van der Waals surface area contributed by atoms with Crippen LogP contribution >= 0.6 is 0 Å². The second-order valence-corrected chi connectivity index (χ2v) is 8.35. The van der Waals surface area contributed by atoms with Crippen molar-refractivity contribution in [3.63, 3.8) is 0 Å². The van der Waals surface area contributed by atoms with Gasteiger partial charge >= 0.3 is 0 Å². The summed E-state index contributed by atoms with van der Waals surface area (Å²) in [6.07, 6.45) is 10.8. The van der Waals surface area contributed by atoms with Crippen LogP contribution in [0.1, 0.15) is 64.7 Å². The lowest BCUT2D eigenvalue weighted by Gasteiger charge is -2.25. The molecule has 0 aromatic heterocycles. The molecule has 0 aliphatic heterocycles. The molecule has 23 heavy (non-hydrogen) atoms. The second kappa shape index (κ2) is 11.7. The Kier molecular flexibility index (Phi) is 10.3. The van der Waals surface area contributed by atoms with Gasteiger partial charge in [0.1, 0.15) is 0 Å². The van der Waals surface area contributed by atoms with Crippen molar-refractivity contribution in [2.45, 2.75) is 64.7 Å². The van der Waals surface area contributed by atoms with Crippen molar-refractivity contribution in [2.75, 3.05) is 25.4 Å². The molecule has 0 bridgehead atoms. The number of nitrogens with one attached hydrogen (secondary N) is 2. The topological polar surface area (TPSA) is 96.6 Å². The molecule has 0 saturated heterocycles. The zero-order valence-electron chi connectivity index (χ0n) is 14.5. The van der Waals surface area contributed by atoms with E-state index in [1.54, 1.807) is 0 Å². The van der Waals surface area contributed by atoms with E-state index in [9.17, 15) is 8.42 Å². The van der Waals surface area contributed by atoms with E-state index in [1.807, 2.05) is 0 Å². The highest BCUT2D eigenvalue weighted by molar-refractivity contribution is 7.89. The van der Waals surface area contributed by atoms with Gasteiger partial charge in [-0.05, 0) is 25.2 Å². The Morgan fingerprint density at radius 3 is 2.52 bits per heavy atom. The van der Waals surface area contributed by atoms with Gasteiger partial charge in [0.2, 0.25) is 10.0 Å². The number of guanidine groups is 1. The van der Waals surface area contributed by atoms with Gasteiger partial charge < -0.3 is 11.1 Å². The lowest BCUT2D eigenvalue weighted by molar-refractivity contribution is 0.316. The molecule has 136 valence electrons. The van der Waals surface area contributed by atoms with Crippen LogP contribution in [0.5, 0.6) is 0 Å². The fourth-order valence-corrected chi connectivity index (χ4v) is 3.48. The summed E-state index contributed by atoms with van der Waals surface area (Å²) in [6, 6.07) is 0. The van der Waals surface area contributed by atoms with Gasteiger partial charge in [-0.1, -0.05) is 45.4 Å². The quantitative estimate of drug-likeness (QED) is 0.270. The fourth-order valence-electron chi connectivity index (χ4n) is 2.47. The monoisotopic (exact) mass is 346 g/mol. The van der Waals surface area contributed by atoms with Crippen LogP contribution < -0.4 is 15.8 Å². The molecule has 0 radical (unpaired) electrons. The van der Waals surface area contributed by atoms with Crippen molar-refractivity contribution >= 4 is 16.0 Å². The van der Waals surface area contributed by atoms with E-state index in [0.717, 1.165) is 19.3 Å². The third-order valence-corrected chi connectivity index (χ3v) is 5.64. The van der Waals surface area contributed by atoms with E-state index in [0.29, 0.717) is 31.5 Å². The number of nitrogens with two attached hydrogens (primary N) is 1. The van der Waals surface area contributed by atoms with Crippen LogP contribution in [0.25, 0.3) is 0 Å². The molecule has 0 unspecified atom stereocenters. The largest absolute Gasteiger partial charge is 0.370 e. The molecular weight excluding hydrogens is 312 g/mol. The average Bonchev–Trinajstić information content (AvgIpc) is 2.44. The van der Waals surface area contributed by atoms with Crippen molar-refractivity contribution in [1.29, 1.82) is 0 Å². The standard InChI is InChI=1S/C16H34N4O2S/c1-2-3-4-5-6-7-11-18-16(17)19-12-13-23(21,22)20-14-15-9-8-10-15/h15,20H,2-14H2,1H3,(H3,17,18,19). The average molecular weight is 347 g/mol. The third-order valence-electron chi connectivity index (χ3n) is 4.29. The molecule has 1 aliphatic carbocycles. The zero-order chi connectivity index (χ0) is 17.0. The Balaban J connectivity index is 2.02. The second-order valence-electron chi connectivity index (χ2n) is 6.43. The molecule has 4 N–H and O–H groups in total. The predicted octanol–water partition coefficient (Wildman–Crippen LogP) is 1.97. The highest BCUT2D eigenvalue weighted by Crippen LogP contribution is 2.25. The molecule has 1 saturated carbocycles. The molecule has 0 heterocycles. The predicted molar refractivity (Wildman–Crippen MR) is 97.0 cm³/mol. The van der Waals surface area contributed by atoms with Crippen molar-refractivity contribution < 1.29 is 8.42 Å². The van der Waals surface area contributed by atoms with Crippen LogP contribution in [0.4, 0.5) is 0 Å². The van der Waals surface area contributed by atoms with Crippen molar-refractivity contribution in [2.24, 2.45) is 16.6 Å². The molecule has 7 heteroatoms. The summed E-state index contributed by atoms with van der Waals surface area (Å²) in [4.78, 5) is 4.23. The van der Waals surface area contributed by atoms with Crippen LogP contribution in [0.15, 0.2) is 4.99 Å². The van der Waals surface area contributed by atoms with Crippen molar-refractivity contribution in [3.8, 4) is 0 Å². The highest BCUT2D eigenvalue weighted by atomic mass is 32.2. The minimum atomic E-state index is -3.21. The molecule has 0 aromatic carbocycles. The van der Waals surface area contributed by atoms with Crippen LogP contribution in [0, 0.1) is 5.92 Å². The van der Waals surface area contributed by atoms with E-state index in [1.165, 1.54) is 38.5 Å². The first-order valence-electron chi connectivity index (χ1n) is 9.04. The van der Waals surface area contributed by atoms with E-state index < -0.39 is 10.0 Å². The Bertz CT molecular complexity index is 433. The van der Waals surface area contributed by atoms with Gasteiger partial charge in [-0.2, -0.15) is 0 Å². The van der Waals surface area contributed by atoms with E-state index in [2.05, 4.69) is 22.0 Å². The van der Waals surface area contributed by atoms with Crippen molar-refractivity contribution in [1.82, 2.24) is 10.0 Å². The summed E-state index contributed by atoms with van der Waals surface area (Å²) in [6.45, 7) is 3.78. The van der Waals surface area contributed by atoms with E-state index in [4.69, 9.17) is 5.73 Å². The van der Waals surface area contributed by atoms with Crippen LogP contribution in [0.3, 0.4) is 0 Å². The zero-order valence-corrected chi connectivity index (χ0v) is 15.3. The van der Waals surface area contributed by atoms with Crippen LogP contribution in [-0.2, 0) is 10.0 Å². The maximum absolute atomic E-state index is 11.8. The molecule has 1 rings (SSSR count). The van der Waals surface area contributed by atoms with Gasteiger partial charge in [-0.3, -0.25) is 4.99 Å². The van der Waals surface area contributed by atoms with Gasteiger partial charge in [-0.25, -0.2) is 13.1 Å². The minimum absolute atomic E-state index is 0.0347. The molecule has 0 aromatic rings. The number of unbranched alkanes of at least 4 members (excludes halogenated alkanes) is 5. The Hall–Kier alpha value is -0.820. The number of sulfonamides is 1. The first-order chi connectivity index (χ1) is 11.0. The first-order valence-corrected chi connectivity index (χ1v) is 10.7. The number of nitrogens with zero attached hydrogens (tertiary/aromatic N) is 1. The summed E-state index contributed by atoms with van der Waals surface area (Å²) < 4.78 is 26.3. The summed E-state index contributed by atoms with van der Waals surface area (Å²) >= 11 is 0. The normalized spacial score (nSPS) is 16.3. The van der Waals surface area contributed by atoms with Gasteiger partial charge in [0.25, 0.3) is 0 Å². The fraction of sp³-hybridized carbons (Fsp3) is 0.938. The molecule has 1 aliphatic rings. The Morgan fingerprint density at radius 1 is 1.17 bits per heavy atom. The molecule has 0 atom stereocenters. The summed E-state index contributed by atoms with van der Waals surface area (Å²) in [7, 11) is -3.21. The number of rotatable bonds is 13. The Labute approximate surface area is 141 Å². The lowest BCUT2D eigenvalue weighted by atomic mass is 9.86. The summed E-state index contributed by atoms with van der Waals surface area (Å²) in [5.74, 6) is 0.905. The molecule has 0 spiro atoms. The Morgan fingerprint density at radius 2 is 1.87 bits per heavy atom. The number of hydrogen-bond acceptors (Lipinski definition) is 3. The molecule has 0 amide bonds. The van der Waals surface area contributed by atoms with Crippen molar-refractivity contribution in [3.05, 3.63) is 0 Å². The molecule has 6 nitrogen and oxygen atoms in total. The minimum Gasteiger partial charge on any atom is -0.370 e.